The molecule has 3 atom stereocenters. The molecule has 4 heteroatoms. The van der Waals surface area contributed by atoms with Gasteiger partial charge in [-0.15, -0.1) is 0 Å². The van der Waals surface area contributed by atoms with Gasteiger partial charge in [0.2, 0.25) is 0 Å². The highest BCUT2D eigenvalue weighted by Gasteiger charge is 2.64. The van der Waals surface area contributed by atoms with Crippen molar-refractivity contribution in [2.24, 2.45) is 11.3 Å². The van der Waals surface area contributed by atoms with Crippen LogP contribution in [-0.2, 0) is 19.1 Å². The number of carbonyl (C=O) groups is 2. The Kier molecular flexibility index (Phi) is 2.44. The average Bonchev–Trinajstić information content (AvgIpc) is 2.70. The molecule has 1 aliphatic carbocycles. The van der Waals surface area contributed by atoms with E-state index >= 15 is 0 Å². The van der Waals surface area contributed by atoms with Gasteiger partial charge < -0.3 is 9.47 Å². The Morgan fingerprint density at radius 3 is 3.07 bits per heavy atom. The van der Waals surface area contributed by atoms with Crippen molar-refractivity contribution >= 4 is 11.9 Å². The zero-order valence-corrected chi connectivity index (χ0v) is 9.12. The first-order valence-corrected chi connectivity index (χ1v) is 5.51. The van der Waals surface area contributed by atoms with Crippen molar-refractivity contribution in [2.75, 3.05) is 6.61 Å². The van der Waals surface area contributed by atoms with Crippen LogP contribution < -0.4 is 0 Å². The maximum Gasteiger partial charge on any atom is 0.324 e. The Balaban J connectivity index is 2.30. The molecule has 1 aliphatic heterocycles. The van der Waals surface area contributed by atoms with Gasteiger partial charge in [0.1, 0.15) is 6.10 Å². The second-order valence-corrected chi connectivity index (χ2v) is 4.30. The minimum absolute atomic E-state index is 0.0176. The molecule has 0 unspecified atom stereocenters. The lowest BCUT2D eigenvalue weighted by molar-refractivity contribution is -0.165. The van der Waals surface area contributed by atoms with Crippen molar-refractivity contribution in [3.05, 3.63) is 0 Å². The van der Waals surface area contributed by atoms with Crippen LogP contribution in [0.4, 0.5) is 0 Å². The summed E-state index contributed by atoms with van der Waals surface area (Å²) < 4.78 is 10.2. The van der Waals surface area contributed by atoms with Crippen LogP contribution in [0.25, 0.3) is 0 Å². The van der Waals surface area contributed by atoms with Crippen molar-refractivity contribution < 1.29 is 19.1 Å². The van der Waals surface area contributed by atoms with E-state index in [9.17, 15) is 9.59 Å². The molecule has 0 radical (unpaired) electrons. The van der Waals surface area contributed by atoms with E-state index in [4.69, 9.17) is 9.47 Å². The molecule has 0 N–H and O–H groups in total. The Hall–Kier alpha value is -1.06. The van der Waals surface area contributed by atoms with Crippen LogP contribution in [-0.4, -0.2) is 24.6 Å². The van der Waals surface area contributed by atoms with E-state index in [-0.39, 0.29) is 24.0 Å². The zero-order chi connectivity index (χ0) is 11.1. The molecule has 0 spiro atoms. The maximum atomic E-state index is 11.9. The summed E-state index contributed by atoms with van der Waals surface area (Å²) in [7, 11) is 0. The summed E-state index contributed by atoms with van der Waals surface area (Å²) in [5, 5.41) is 0. The van der Waals surface area contributed by atoms with E-state index in [1.165, 1.54) is 0 Å². The Labute approximate surface area is 88.9 Å². The van der Waals surface area contributed by atoms with Crippen molar-refractivity contribution in [1.29, 1.82) is 0 Å². The van der Waals surface area contributed by atoms with Crippen LogP contribution in [0.2, 0.25) is 0 Å². The molecule has 0 amide bonds. The summed E-state index contributed by atoms with van der Waals surface area (Å²) in [5.41, 5.74) is -0.977. The molecule has 1 saturated heterocycles. The number of carbonyl (C=O) groups excluding carboxylic acids is 2. The molecule has 2 fully saturated rings. The maximum absolute atomic E-state index is 11.9. The molecule has 0 aromatic rings. The first kappa shape index (κ1) is 10.5. The molecule has 1 saturated carbocycles. The minimum atomic E-state index is -0.977. The van der Waals surface area contributed by atoms with Crippen LogP contribution in [0.15, 0.2) is 0 Å². The first-order valence-electron chi connectivity index (χ1n) is 5.51. The largest absolute Gasteiger partial charge is 0.465 e. The summed E-state index contributed by atoms with van der Waals surface area (Å²) >= 11 is 0. The standard InChI is InChI=1S/C11H16O4/c1-3-14-9(12)11-6-4-5-8(11)7(2)15-10(11)13/h7-8H,3-6H2,1-2H3/t7-,8-,11-/m1/s1. The number of hydrogen-bond acceptors (Lipinski definition) is 4. The van der Waals surface area contributed by atoms with Crippen LogP contribution in [0.3, 0.4) is 0 Å². The third-order valence-electron chi connectivity index (χ3n) is 3.58. The normalized spacial score (nSPS) is 38.7. The van der Waals surface area contributed by atoms with Crippen LogP contribution in [0.1, 0.15) is 33.1 Å². The fraction of sp³-hybridized carbons (Fsp3) is 0.818. The summed E-state index contributed by atoms with van der Waals surface area (Å²) in [6.07, 6.45) is 2.22. The smallest absolute Gasteiger partial charge is 0.324 e. The molecule has 2 aliphatic rings. The van der Waals surface area contributed by atoms with E-state index in [0.29, 0.717) is 13.0 Å². The lowest BCUT2D eigenvalue weighted by Crippen LogP contribution is -2.39. The number of hydrogen-bond donors (Lipinski definition) is 0. The Morgan fingerprint density at radius 1 is 1.67 bits per heavy atom. The van der Waals surface area contributed by atoms with Crippen LogP contribution >= 0.6 is 0 Å². The predicted octanol–water partition coefficient (Wildman–Crippen LogP) is 1.28. The van der Waals surface area contributed by atoms with E-state index in [1.54, 1.807) is 6.92 Å². The summed E-state index contributed by atoms with van der Waals surface area (Å²) in [5.74, 6) is -0.748. The van der Waals surface area contributed by atoms with Crippen molar-refractivity contribution in [1.82, 2.24) is 0 Å². The van der Waals surface area contributed by atoms with Gasteiger partial charge in [-0.3, -0.25) is 9.59 Å². The van der Waals surface area contributed by atoms with Gasteiger partial charge in [-0.25, -0.2) is 0 Å². The minimum Gasteiger partial charge on any atom is -0.465 e. The molecule has 15 heavy (non-hydrogen) atoms. The lowest BCUT2D eigenvalue weighted by atomic mass is 9.78. The van der Waals surface area contributed by atoms with E-state index in [2.05, 4.69) is 0 Å². The van der Waals surface area contributed by atoms with Crippen molar-refractivity contribution in [3.8, 4) is 0 Å². The first-order chi connectivity index (χ1) is 7.13. The molecule has 2 rings (SSSR count). The molecule has 1 heterocycles. The second kappa shape index (κ2) is 3.51. The fourth-order valence-corrected chi connectivity index (χ4v) is 2.87. The molecule has 0 aromatic heterocycles. The number of esters is 2. The number of ether oxygens (including phenoxy) is 2. The predicted molar refractivity (Wildman–Crippen MR) is 52.0 cm³/mol. The summed E-state index contributed by atoms with van der Waals surface area (Å²) in [6, 6.07) is 0. The highest BCUT2D eigenvalue weighted by atomic mass is 16.6. The molecule has 0 bridgehead atoms. The van der Waals surface area contributed by atoms with Crippen LogP contribution in [0.5, 0.6) is 0 Å². The third-order valence-corrected chi connectivity index (χ3v) is 3.58. The number of fused-ring (bicyclic) bond motifs is 1. The van der Waals surface area contributed by atoms with E-state index in [1.807, 2.05) is 6.92 Å². The van der Waals surface area contributed by atoms with Gasteiger partial charge in [-0.2, -0.15) is 0 Å². The number of cyclic esters (lactones) is 1. The molecule has 4 nitrogen and oxygen atoms in total. The van der Waals surface area contributed by atoms with Gasteiger partial charge >= 0.3 is 11.9 Å². The average molecular weight is 212 g/mol. The fourth-order valence-electron chi connectivity index (χ4n) is 2.87. The van der Waals surface area contributed by atoms with Gasteiger partial charge in [0.15, 0.2) is 5.41 Å². The monoisotopic (exact) mass is 212 g/mol. The quantitative estimate of drug-likeness (QED) is 0.511. The summed E-state index contributed by atoms with van der Waals surface area (Å²) in [4.78, 5) is 23.7. The van der Waals surface area contributed by atoms with Crippen molar-refractivity contribution in [3.63, 3.8) is 0 Å². The van der Waals surface area contributed by atoms with E-state index in [0.717, 1.165) is 12.8 Å². The topological polar surface area (TPSA) is 52.6 Å². The zero-order valence-electron chi connectivity index (χ0n) is 9.12. The summed E-state index contributed by atoms with van der Waals surface area (Å²) in [6.45, 7) is 3.92. The van der Waals surface area contributed by atoms with Gasteiger partial charge in [0, 0.05) is 5.92 Å². The Bertz CT molecular complexity index is 299. The van der Waals surface area contributed by atoms with Gasteiger partial charge in [0.25, 0.3) is 0 Å². The molecular formula is C11H16O4. The highest BCUT2D eigenvalue weighted by molar-refractivity contribution is 6.02. The number of rotatable bonds is 2. The molecule has 0 aromatic carbocycles. The Morgan fingerprint density at radius 2 is 2.40 bits per heavy atom. The van der Waals surface area contributed by atoms with Crippen LogP contribution in [0, 0.1) is 11.3 Å². The third kappa shape index (κ3) is 1.27. The molecule has 84 valence electrons. The SMILES string of the molecule is CCOC(=O)[C@@]12CCC[C@@H]1[C@@H](C)OC2=O. The van der Waals surface area contributed by atoms with Crippen molar-refractivity contribution in [2.45, 2.75) is 39.2 Å². The lowest BCUT2D eigenvalue weighted by Gasteiger charge is -2.22. The van der Waals surface area contributed by atoms with Gasteiger partial charge in [-0.05, 0) is 26.7 Å². The van der Waals surface area contributed by atoms with Gasteiger partial charge in [0.05, 0.1) is 6.61 Å². The molecular weight excluding hydrogens is 196 g/mol. The van der Waals surface area contributed by atoms with E-state index < -0.39 is 5.41 Å². The van der Waals surface area contributed by atoms with Gasteiger partial charge in [-0.1, -0.05) is 6.42 Å². The highest BCUT2D eigenvalue weighted by Crippen LogP contribution is 2.52. The second-order valence-electron chi connectivity index (χ2n) is 4.30.